The third-order valence-corrected chi connectivity index (χ3v) is 4.68. The summed E-state index contributed by atoms with van der Waals surface area (Å²) < 4.78 is 0. The van der Waals surface area contributed by atoms with Gasteiger partial charge >= 0.3 is 0 Å². The smallest absolute Gasteiger partial charge is 0.238 e. The van der Waals surface area contributed by atoms with Crippen LogP contribution in [0.4, 0.5) is 5.69 Å². The van der Waals surface area contributed by atoms with Crippen LogP contribution in [0.5, 0.6) is 0 Å². The van der Waals surface area contributed by atoms with Crippen LogP contribution in [0.1, 0.15) is 34.7 Å². The van der Waals surface area contributed by atoms with Crippen LogP contribution in [0, 0.1) is 13.8 Å². The number of aryl methyl sites for hydroxylation is 3. The predicted octanol–water partition coefficient (Wildman–Crippen LogP) is 3.86. The molecular formula is C20H24N2O. The molecule has 120 valence electrons. The van der Waals surface area contributed by atoms with E-state index in [1.54, 1.807) is 0 Å². The molecule has 1 aliphatic rings. The average Bonchev–Trinajstić information content (AvgIpc) is 2.94. The molecule has 0 heterocycles. The second-order valence-corrected chi connectivity index (χ2v) is 6.53. The first-order valence-corrected chi connectivity index (χ1v) is 8.20. The van der Waals surface area contributed by atoms with Gasteiger partial charge < -0.3 is 5.32 Å². The van der Waals surface area contributed by atoms with Crippen LogP contribution in [0.2, 0.25) is 0 Å². The lowest BCUT2D eigenvalue weighted by atomic mass is 10.1. The zero-order chi connectivity index (χ0) is 16.4. The molecule has 0 unspecified atom stereocenters. The van der Waals surface area contributed by atoms with E-state index in [0.717, 1.165) is 24.1 Å². The highest BCUT2D eigenvalue weighted by Crippen LogP contribution is 2.34. The van der Waals surface area contributed by atoms with E-state index in [2.05, 4.69) is 47.5 Å². The van der Waals surface area contributed by atoms with Crippen molar-refractivity contribution in [1.29, 1.82) is 0 Å². The summed E-state index contributed by atoms with van der Waals surface area (Å²) in [5.74, 6) is 0.0452. The van der Waals surface area contributed by atoms with Crippen LogP contribution in [0.3, 0.4) is 0 Å². The summed E-state index contributed by atoms with van der Waals surface area (Å²) in [6, 6.07) is 15.0. The fourth-order valence-corrected chi connectivity index (χ4v) is 3.47. The van der Waals surface area contributed by atoms with Gasteiger partial charge in [0.2, 0.25) is 5.91 Å². The van der Waals surface area contributed by atoms with Crippen LogP contribution in [0.25, 0.3) is 0 Å². The maximum Gasteiger partial charge on any atom is 0.238 e. The van der Waals surface area contributed by atoms with Gasteiger partial charge in [-0.15, -0.1) is 0 Å². The number of anilines is 1. The minimum absolute atomic E-state index is 0.0452. The van der Waals surface area contributed by atoms with E-state index in [1.807, 2.05) is 26.1 Å². The summed E-state index contributed by atoms with van der Waals surface area (Å²) in [6.45, 7) is 4.50. The van der Waals surface area contributed by atoms with Crippen LogP contribution < -0.4 is 5.32 Å². The lowest BCUT2D eigenvalue weighted by Gasteiger charge is -2.24. The second-order valence-electron chi connectivity index (χ2n) is 6.53. The van der Waals surface area contributed by atoms with E-state index in [9.17, 15) is 4.79 Å². The molecule has 0 aliphatic heterocycles. The number of fused-ring (bicyclic) bond motifs is 1. The van der Waals surface area contributed by atoms with Crippen LogP contribution in [-0.2, 0) is 11.2 Å². The standard InChI is InChI=1S/C20H24N2O/c1-14-8-10-18(15(2)12-14)21-20(23)13-22(3)19-11-9-16-6-4-5-7-17(16)19/h4-8,10,12,19H,9,11,13H2,1-3H3,(H,21,23)/t19-/m0/s1. The quantitative estimate of drug-likeness (QED) is 0.930. The monoisotopic (exact) mass is 308 g/mol. The van der Waals surface area contributed by atoms with E-state index in [1.165, 1.54) is 16.7 Å². The molecule has 3 nitrogen and oxygen atoms in total. The number of nitrogens with zero attached hydrogens (tertiary/aromatic N) is 1. The molecule has 0 fully saturated rings. The van der Waals surface area contributed by atoms with Gasteiger partial charge in [-0.05, 0) is 56.5 Å². The summed E-state index contributed by atoms with van der Waals surface area (Å²) in [6.07, 6.45) is 2.19. The van der Waals surface area contributed by atoms with Gasteiger partial charge in [-0.25, -0.2) is 0 Å². The third kappa shape index (κ3) is 3.45. The van der Waals surface area contributed by atoms with E-state index < -0.39 is 0 Å². The van der Waals surface area contributed by atoms with Crippen molar-refractivity contribution in [3.05, 3.63) is 64.7 Å². The second kappa shape index (κ2) is 6.55. The van der Waals surface area contributed by atoms with Crippen molar-refractivity contribution in [2.24, 2.45) is 0 Å². The number of carbonyl (C=O) groups excluding carboxylic acids is 1. The Morgan fingerprint density at radius 3 is 2.78 bits per heavy atom. The molecule has 0 spiro atoms. The lowest BCUT2D eigenvalue weighted by Crippen LogP contribution is -2.32. The topological polar surface area (TPSA) is 32.3 Å². The lowest BCUT2D eigenvalue weighted by molar-refractivity contribution is -0.117. The molecule has 0 bridgehead atoms. The van der Waals surface area contributed by atoms with Crippen molar-refractivity contribution in [2.45, 2.75) is 32.7 Å². The van der Waals surface area contributed by atoms with Gasteiger partial charge in [-0.2, -0.15) is 0 Å². The maximum absolute atomic E-state index is 12.4. The number of likely N-dealkylation sites (N-methyl/N-ethyl adjacent to an activating group) is 1. The molecule has 3 heteroatoms. The van der Waals surface area contributed by atoms with E-state index >= 15 is 0 Å². The Hall–Kier alpha value is -2.13. The largest absolute Gasteiger partial charge is 0.325 e. The number of amides is 1. The van der Waals surface area contributed by atoms with E-state index in [-0.39, 0.29) is 5.91 Å². The summed E-state index contributed by atoms with van der Waals surface area (Å²) in [7, 11) is 2.04. The van der Waals surface area contributed by atoms with Crippen LogP contribution >= 0.6 is 0 Å². The van der Waals surface area contributed by atoms with Crippen molar-refractivity contribution < 1.29 is 4.79 Å². The molecule has 1 amide bonds. The molecular weight excluding hydrogens is 284 g/mol. The van der Waals surface area contributed by atoms with Crippen molar-refractivity contribution in [2.75, 3.05) is 18.9 Å². The van der Waals surface area contributed by atoms with Gasteiger partial charge in [0.05, 0.1) is 6.54 Å². The number of hydrogen-bond acceptors (Lipinski definition) is 2. The highest BCUT2D eigenvalue weighted by atomic mass is 16.2. The summed E-state index contributed by atoms with van der Waals surface area (Å²) in [5.41, 5.74) is 6.00. The fraction of sp³-hybridized carbons (Fsp3) is 0.350. The zero-order valence-corrected chi connectivity index (χ0v) is 14.1. The number of hydrogen-bond donors (Lipinski definition) is 1. The van der Waals surface area contributed by atoms with Crippen molar-refractivity contribution in [3.63, 3.8) is 0 Å². The highest BCUT2D eigenvalue weighted by Gasteiger charge is 2.26. The molecule has 0 aromatic heterocycles. The molecule has 0 saturated carbocycles. The number of carbonyl (C=O) groups is 1. The van der Waals surface area contributed by atoms with Crippen molar-refractivity contribution >= 4 is 11.6 Å². The van der Waals surface area contributed by atoms with E-state index in [0.29, 0.717) is 12.6 Å². The molecule has 0 radical (unpaired) electrons. The normalized spacial score (nSPS) is 16.4. The molecule has 0 saturated heterocycles. The zero-order valence-electron chi connectivity index (χ0n) is 14.1. The summed E-state index contributed by atoms with van der Waals surface area (Å²) >= 11 is 0. The Morgan fingerprint density at radius 1 is 1.22 bits per heavy atom. The Balaban J connectivity index is 1.64. The SMILES string of the molecule is Cc1ccc(NC(=O)CN(C)[C@H]2CCc3ccccc32)c(C)c1. The summed E-state index contributed by atoms with van der Waals surface area (Å²) in [5, 5.41) is 3.04. The van der Waals surface area contributed by atoms with E-state index in [4.69, 9.17) is 0 Å². The molecule has 1 aliphatic carbocycles. The molecule has 1 N–H and O–H groups in total. The third-order valence-electron chi connectivity index (χ3n) is 4.68. The van der Waals surface area contributed by atoms with Crippen LogP contribution in [0.15, 0.2) is 42.5 Å². The first kappa shape index (κ1) is 15.8. The number of rotatable bonds is 4. The Labute approximate surface area is 138 Å². The predicted molar refractivity (Wildman–Crippen MR) is 94.7 cm³/mol. The molecule has 2 aromatic rings. The van der Waals surface area contributed by atoms with Gasteiger partial charge in [0.15, 0.2) is 0 Å². The van der Waals surface area contributed by atoms with Crippen LogP contribution in [-0.4, -0.2) is 24.4 Å². The Morgan fingerprint density at radius 2 is 2.00 bits per heavy atom. The average molecular weight is 308 g/mol. The fourth-order valence-electron chi connectivity index (χ4n) is 3.47. The first-order valence-electron chi connectivity index (χ1n) is 8.20. The Kier molecular flexibility index (Phi) is 4.49. The maximum atomic E-state index is 12.4. The van der Waals surface area contributed by atoms with Gasteiger partial charge in [-0.3, -0.25) is 9.69 Å². The minimum atomic E-state index is 0.0452. The first-order chi connectivity index (χ1) is 11.0. The minimum Gasteiger partial charge on any atom is -0.325 e. The number of benzene rings is 2. The summed E-state index contributed by atoms with van der Waals surface area (Å²) in [4.78, 5) is 14.5. The molecule has 1 atom stereocenters. The molecule has 2 aromatic carbocycles. The van der Waals surface area contributed by atoms with Gasteiger partial charge in [0.25, 0.3) is 0 Å². The Bertz CT molecular complexity index is 723. The molecule has 23 heavy (non-hydrogen) atoms. The highest BCUT2D eigenvalue weighted by molar-refractivity contribution is 5.93. The van der Waals surface area contributed by atoms with Crippen molar-refractivity contribution in [1.82, 2.24) is 4.90 Å². The van der Waals surface area contributed by atoms with Crippen molar-refractivity contribution in [3.8, 4) is 0 Å². The molecule has 3 rings (SSSR count). The van der Waals surface area contributed by atoms with Gasteiger partial charge in [-0.1, -0.05) is 42.0 Å². The number of nitrogens with one attached hydrogen (secondary N) is 1. The van der Waals surface area contributed by atoms with Gasteiger partial charge in [0, 0.05) is 11.7 Å². The van der Waals surface area contributed by atoms with Gasteiger partial charge in [0.1, 0.15) is 0 Å².